The fourth-order valence-electron chi connectivity index (χ4n) is 5.39. The topological polar surface area (TPSA) is 144 Å². The van der Waals surface area contributed by atoms with Crippen molar-refractivity contribution in [3.63, 3.8) is 0 Å². The van der Waals surface area contributed by atoms with Crippen molar-refractivity contribution >= 4 is 39.8 Å². The number of hydrogen-bond acceptors (Lipinski definition) is 11. The van der Waals surface area contributed by atoms with E-state index in [2.05, 4.69) is 22.9 Å². The number of rotatable bonds is 11. The van der Waals surface area contributed by atoms with Gasteiger partial charge in [0.2, 0.25) is 11.9 Å². The molecule has 5 atom stereocenters. The van der Waals surface area contributed by atoms with Crippen molar-refractivity contribution in [1.29, 1.82) is 0 Å². The minimum absolute atomic E-state index is 0.0929. The van der Waals surface area contributed by atoms with E-state index >= 15 is 0 Å². The van der Waals surface area contributed by atoms with Crippen molar-refractivity contribution in [2.75, 3.05) is 6.61 Å². The Morgan fingerprint density at radius 2 is 1.49 bits per heavy atom. The second-order valence-corrected chi connectivity index (χ2v) is 12.1. The highest BCUT2D eigenvalue weighted by Crippen LogP contribution is 2.46. The summed E-state index contributed by atoms with van der Waals surface area (Å²) < 4.78 is 35.1. The van der Waals surface area contributed by atoms with Crippen LogP contribution < -0.4 is 4.74 Å². The average Bonchev–Trinajstić information content (AvgIpc) is 2.94. The Morgan fingerprint density at radius 3 is 2.02 bits per heavy atom. The molecular formula is C33H39BrO11. The van der Waals surface area contributed by atoms with Gasteiger partial charge in [0.1, 0.15) is 18.5 Å². The number of carbonyl (C=O) groups is 4. The molecule has 1 saturated carbocycles. The molecule has 45 heavy (non-hydrogen) atoms. The van der Waals surface area contributed by atoms with Gasteiger partial charge < -0.3 is 33.5 Å². The maximum absolute atomic E-state index is 12.6. The Labute approximate surface area is 270 Å². The first-order valence-corrected chi connectivity index (χ1v) is 15.7. The highest BCUT2D eigenvalue weighted by Gasteiger charge is 2.61. The van der Waals surface area contributed by atoms with Crippen LogP contribution in [0.1, 0.15) is 76.1 Å². The standard InChI is InChI=1S/C33H39BrO11/c1-6-22-10-12-23(13-11-22)14-24-15-26(28(16-27(24)34)44-25-8-7-9-25)33(39)32(43-21(5)38)31(42-20(4)37)30(41-19(3)36)29(45-33)17-40-18(2)35/h10-13,15-16,25,29-32,39H,6-9,14,17H2,1-5H3/t29-,30-,31+,32-,33+/m1/s1. The van der Waals surface area contributed by atoms with Crippen molar-refractivity contribution in [3.05, 3.63) is 63.1 Å². The molecule has 1 N–H and O–H groups in total. The molecule has 244 valence electrons. The zero-order valence-corrected chi connectivity index (χ0v) is 27.6. The van der Waals surface area contributed by atoms with Gasteiger partial charge in [0, 0.05) is 32.2 Å². The maximum atomic E-state index is 12.6. The fraction of sp³-hybridized carbons (Fsp3) is 0.515. The van der Waals surface area contributed by atoms with E-state index in [1.165, 1.54) is 12.5 Å². The van der Waals surface area contributed by atoms with Crippen LogP contribution in [-0.2, 0) is 61.5 Å². The number of ether oxygens (including phenoxy) is 6. The summed E-state index contributed by atoms with van der Waals surface area (Å²) in [5.74, 6) is -5.33. The molecule has 0 unspecified atom stereocenters. The number of halogens is 1. The molecule has 2 aliphatic rings. The van der Waals surface area contributed by atoms with Gasteiger partial charge >= 0.3 is 23.9 Å². The third-order valence-electron chi connectivity index (χ3n) is 7.76. The van der Waals surface area contributed by atoms with Crippen molar-refractivity contribution < 1.29 is 52.7 Å². The normalized spacial score (nSPS) is 24.6. The summed E-state index contributed by atoms with van der Waals surface area (Å²) in [6.45, 7) is 6.15. The van der Waals surface area contributed by atoms with Gasteiger partial charge in [0.05, 0.1) is 11.7 Å². The molecule has 1 heterocycles. The van der Waals surface area contributed by atoms with Gasteiger partial charge in [-0.05, 0) is 60.9 Å². The Balaban J connectivity index is 1.90. The summed E-state index contributed by atoms with van der Waals surface area (Å²) in [5, 5.41) is 12.6. The molecule has 11 nitrogen and oxygen atoms in total. The number of benzene rings is 2. The zero-order valence-electron chi connectivity index (χ0n) is 26.0. The predicted octanol–water partition coefficient (Wildman–Crippen LogP) is 4.44. The minimum atomic E-state index is -2.52. The lowest BCUT2D eigenvalue weighted by molar-refractivity contribution is -0.360. The lowest BCUT2D eigenvalue weighted by atomic mass is 9.85. The highest BCUT2D eigenvalue weighted by molar-refractivity contribution is 9.10. The summed E-state index contributed by atoms with van der Waals surface area (Å²) in [6, 6.07) is 11.5. The lowest BCUT2D eigenvalue weighted by Gasteiger charge is -2.49. The maximum Gasteiger partial charge on any atom is 0.303 e. The van der Waals surface area contributed by atoms with Gasteiger partial charge in [0.15, 0.2) is 12.2 Å². The number of carbonyl (C=O) groups excluding carboxylic acids is 4. The predicted molar refractivity (Wildman–Crippen MR) is 163 cm³/mol. The monoisotopic (exact) mass is 690 g/mol. The summed E-state index contributed by atoms with van der Waals surface area (Å²) in [5.41, 5.74) is 3.03. The smallest absolute Gasteiger partial charge is 0.303 e. The van der Waals surface area contributed by atoms with E-state index in [1.807, 2.05) is 24.3 Å². The van der Waals surface area contributed by atoms with Gasteiger partial charge in [-0.3, -0.25) is 19.2 Å². The highest BCUT2D eigenvalue weighted by atomic mass is 79.9. The van der Waals surface area contributed by atoms with E-state index in [0.29, 0.717) is 10.9 Å². The summed E-state index contributed by atoms with van der Waals surface area (Å²) in [4.78, 5) is 48.8. The molecule has 2 fully saturated rings. The molecule has 0 spiro atoms. The Hall–Kier alpha value is -3.48. The number of aryl methyl sites for hydroxylation is 1. The summed E-state index contributed by atoms with van der Waals surface area (Å²) in [6.07, 6.45) is -2.24. The quantitative estimate of drug-likeness (QED) is 0.264. The molecule has 1 saturated heterocycles. The van der Waals surface area contributed by atoms with Crippen LogP contribution in [0.2, 0.25) is 0 Å². The molecular weight excluding hydrogens is 652 g/mol. The number of hydrogen-bond donors (Lipinski definition) is 1. The molecule has 2 aromatic rings. The second-order valence-electron chi connectivity index (χ2n) is 11.3. The van der Waals surface area contributed by atoms with Crippen LogP contribution in [0.4, 0.5) is 0 Å². The first-order chi connectivity index (χ1) is 21.3. The van der Waals surface area contributed by atoms with Crippen molar-refractivity contribution in [1.82, 2.24) is 0 Å². The Morgan fingerprint density at radius 1 is 0.889 bits per heavy atom. The SMILES string of the molecule is CCc1ccc(Cc2cc([C@]3(O)O[C@H](COC(C)=O)[C@@H](OC(C)=O)[C@H](OC(C)=O)[C@H]3OC(C)=O)c(OC3CCC3)cc2Br)cc1. The van der Waals surface area contributed by atoms with E-state index in [1.54, 1.807) is 12.1 Å². The molecule has 0 bridgehead atoms. The van der Waals surface area contributed by atoms with Crippen LogP contribution in [0.3, 0.4) is 0 Å². The van der Waals surface area contributed by atoms with Crippen LogP contribution in [0.15, 0.2) is 40.9 Å². The molecule has 12 heteroatoms. The second kappa shape index (κ2) is 14.7. The van der Waals surface area contributed by atoms with Crippen molar-refractivity contribution in [2.45, 2.75) is 103 Å². The molecule has 2 aromatic carbocycles. The van der Waals surface area contributed by atoms with Crippen LogP contribution in [0.5, 0.6) is 5.75 Å². The van der Waals surface area contributed by atoms with E-state index in [4.69, 9.17) is 28.4 Å². The molecule has 1 aliphatic carbocycles. The van der Waals surface area contributed by atoms with Crippen molar-refractivity contribution in [2.24, 2.45) is 0 Å². The van der Waals surface area contributed by atoms with Crippen molar-refractivity contribution in [3.8, 4) is 5.75 Å². The number of aliphatic hydroxyl groups is 1. The summed E-state index contributed by atoms with van der Waals surface area (Å²) in [7, 11) is 0. The minimum Gasteiger partial charge on any atom is -0.490 e. The Bertz CT molecular complexity index is 1400. The first kappa shape index (κ1) is 34.4. The van der Waals surface area contributed by atoms with Gasteiger partial charge in [-0.1, -0.05) is 47.1 Å². The first-order valence-electron chi connectivity index (χ1n) is 14.9. The average molecular weight is 692 g/mol. The van der Waals surface area contributed by atoms with Gasteiger partial charge in [-0.2, -0.15) is 0 Å². The third-order valence-corrected chi connectivity index (χ3v) is 8.50. The van der Waals surface area contributed by atoms with Gasteiger partial charge in [-0.15, -0.1) is 0 Å². The van der Waals surface area contributed by atoms with E-state index in [9.17, 15) is 24.3 Å². The molecule has 1 aliphatic heterocycles. The van der Waals surface area contributed by atoms with Crippen LogP contribution >= 0.6 is 15.9 Å². The van der Waals surface area contributed by atoms with Crippen LogP contribution in [0, 0.1) is 0 Å². The van der Waals surface area contributed by atoms with E-state index in [0.717, 1.165) is 57.6 Å². The molecule has 0 aromatic heterocycles. The summed E-state index contributed by atoms with van der Waals surface area (Å²) >= 11 is 3.66. The molecule has 4 rings (SSSR count). The lowest BCUT2D eigenvalue weighted by Crippen LogP contribution is -2.66. The van der Waals surface area contributed by atoms with E-state index in [-0.39, 0.29) is 17.4 Å². The fourth-order valence-corrected chi connectivity index (χ4v) is 5.85. The molecule has 0 radical (unpaired) electrons. The Kier molecular flexibility index (Phi) is 11.3. The number of esters is 4. The van der Waals surface area contributed by atoms with Crippen LogP contribution in [0.25, 0.3) is 0 Å². The zero-order chi connectivity index (χ0) is 32.9. The largest absolute Gasteiger partial charge is 0.490 e. The van der Waals surface area contributed by atoms with E-state index < -0.39 is 60.7 Å². The van der Waals surface area contributed by atoms with Crippen LogP contribution in [-0.4, -0.2) is 66.1 Å². The molecule has 0 amide bonds. The van der Waals surface area contributed by atoms with Gasteiger partial charge in [-0.25, -0.2) is 0 Å². The van der Waals surface area contributed by atoms with Gasteiger partial charge in [0.25, 0.3) is 0 Å². The third kappa shape index (κ3) is 8.42.